The maximum atomic E-state index is 13.0. The zero-order chi connectivity index (χ0) is 23.3. The van der Waals surface area contributed by atoms with Gasteiger partial charge in [-0.1, -0.05) is 19.9 Å². The number of H-pyrrole nitrogens is 1. The van der Waals surface area contributed by atoms with Crippen molar-refractivity contribution in [1.29, 1.82) is 0 Å². The Balaban J connectivity index is 1.70. The molecule has 2 heterocycles. The number of aromatic amines is 1. The number of rotatable bonds is 10. The van der Waals surface area contributed by atoms with Crippen LogP contribution in [0.25, 0.3) is 10.9 Å². The highest BCUT2D eigenvalue weighted by Crippen LogP contribution is 2.26. The van der Waals surface area contributed by atoms with Crippen LogP contribution in [0.2, 0.25) is 0 Å². The Morgan fingerprint density at radius 3 is 2.69 bits per heavy atom. The Hall–Kier alpha value is -3.07. The molecule has 1 aromatic heterocycles. The third-order valence-electron chi connectivity index (χ3n) is 5.72. The Morgan fingerprint density at radius 1 is 1.28 bits per heavy atom. The van der Waals surface area contributed by atoms with Crippen LogP contribution in [0.4, 0.5) is 0 Å². The monoisotopic (exact) mass is 444 g/mol. The van der Waals surface area contributed by atoms with Crippen molar-refractivity contribution in [1.82, 2.24) is 20.9 Å². The number of aromatic nitrogens is 1. The van der Waals surface area contributed by atoms with E-state index in [0.717, 1.165) is 10.9 Å². The summed E-state index contributed by atoms with van der Waals surface area (Å²) in [4.78, 5) is 40.8. The van der Waals surface area contributed by atoms with Gasteiger partial charge in [0.25, 0.3) is 5.91 Å². The van der Waals surface area contributed by atoms with Gasteiger partial charge in [-0.25, -0.2) is 0 Å². The summed E-state index contributed by atoms with van der Waals surface area (Å²) in [6, 6.07) is 5.85. The molecule has 1 aromatic carbocycles. The van der Waals surface area contributed by atoms with E-state index in [9.17, 15) is 19.5 Å². The lowest BCUT2D eigenvalue weighted by Crippen LogP contribution is -2.51. The number of carbonyl (C=O) groups is 3. The van der Waals surface area contributed by atoms with Crippen molar-refractivity contribution in [2.45, 2.75) is 45.2 Å². The first-order chi connectivity index (χ1) is 15.3. The van der Waals surface area contributed by atoms with E-state index in [1.165, 1.54) is 0 Å². The molecule has 174 valence electrons. The molecule has 32 heavy (non-hydrogen) atoms. The highest BCUT2D eigenvalue weighted by molar-refractivity contribution is 6.01. The van der Waals surface area contributed by atoms with Crippen LogP contribution in [0.1, 0.15) is 43.6 Å². The molecule has 0 saturated carbocycles. The third-order valence-corrected chi connectivity index (χ3v) is 5.72. The number of amides is 3. The third kappa shape index (κ3) is 5.59. The molecule has 0 aliphatic carbocycles. The van der Waals surface area contributed by atoms with Gasteiger partial charge in [0.05, 0.1) is 19.8 Å². The lowest BCUT2D eigenvalue weighted by molar-refractivity contribution is -0.126. The van der Waals surface area contributed by atoms with Crippen molar-refractivity contribution < 1.29 is 24.2 Å². The Kier molecular flexibility index (Phi) is 7.74. The van der Waals surface area contributed by atoms with Gasteiger partial charge in [-0.15, -0.1) is 0 Å². The average Bonchev–Trinajstić information content (AvgIpc) is 3.38. The fraction of sp³-hybridized carbons (Fsp3) is 0.522. The number of fused-ring (bicyclic) bond motifs is 1. The number of hydrogen-bond donors (Lipinski definition) is 5. The molecule has 2 unspecified atom stereocenters. The zero-order valence-electron chi connectivity index (χ0n) is 18.7. The Bertz CT molecular complexity index is 970. The van der Waals surface area contributed by atoms with Gasteiger partial charge in [-0.05, 0) is 43.4 Å². The van der Waals surface area contributed by atoms with Crippen LogP contribution in [0.15, 0.2) is 24.3 Å². The lowest BCUT2D eigenvalue weighted by atomic mass is 9.97. The highest BCUT2D eigenvalue weighted by Gasteiger charge is 2.30. The fourth-order valence-electron chi connectivity index (χ4n) is 4.06. The van der Waals surface area contributed by atoms with Gasteiger partial charge in [-0.2, -0.15) is 0 Å². The van der Waals surface area contributed by atoms with Crippen molar-refractivity contribution in [3.63, 3.8) is 0 Å². The van der Waals surface area contributed by atoms with E-state index < -0.39 is 18.0 Å². The van der Waals surface area contributed by atoms with Gasteiger partial charge >= 0.3 is 0 Å². The summed E-state index contributed by atoms with van der Waals surface area (Å²) in [5, 5.41) is 18.9. The van der Waals surface area contributed by atoms with Crippen LogP contribution in [-0.4, -0.2) is 60.2 Å². The maximum absolute atomic E-state index is 13.0. The number of benzene rings is 1. The first kappa shape index (κ1) is 23.6. The van der Waals surface area contributed by atoms with Gasteiger partial charge in [0, 0.05) is 23.4 Å². The average molecular weight is 445 g/mol. The molecule has 3 atom stereocenters. The summed E-state index contributed by atoms with van der Waals surface area (Å²) in [6.45, 7) is 4.26. The Labute approximate surface area is 187 Å². The molecular weight excluding hydrogens is 412 g/mol. The summed E-state index contributed by atoms with van der Waals surface area (Å²) in [5.41, 5.74) is 1.09. The first-order valence-electron chi connectivity index (χ1n) is 11.0. The van der Waals surface area contributed by atoms with Crippen molar-refractivity contribution in [2.24, 2.45) is 11.8 Å². The summed E-state index contributed by atoms with van der Waals surface area (Å²) in [6.07, 6.45) is 1.47. The minimum atomic E-state index is -0.776. The van der Waals surface area contributed by atoms with E-state index in [1.807, 2.05) is 32.0 Å². The molecule has 0 radical (unpaired) electrons. The van der Waals surface area contributed by atoms with Crippen LogP contribution in [0.5, 0.6) is 5.75 Å². The second-order valence-electron chi connectivity index (χ2n) is 8.66. The molecule has 9 heteroatoms. The molecule has 3 rings (SSSR count). The van der Waals surface area contributed by atoms with Crippen LogP contribution < -0.4 is 20.7 Å². The van der Waals surface area contributed by atoms with Crippen LogP contribution >= 0.6 is 0 Å². The Morgan fingerprint density at radius 2 is 2.06 bits per heavy atom. The molecule has 1 fully saturated rings. The molecule has 1 aliphatic heterocycles. The van der Waals surface area contributed by atoms with Crippen LogP contribution in [-0.2, 0) is 9.59 Å². The smallest absolute Gasteiger partial charge is 0.268 e. The standard InChI is InChI=1S/C23H32N4O5/c1-13(2)9-18(22(30)25-15(12-28)10-14-7-8-24-21(14)29)27-23(31)19-11-16-17(26-19)5-4-6-20(16)32-3/h4-6,11,13-15,18,26,28H,7-10,12H2,1-3H3,(H,24,29)(H,25,30)(H,27,31)/t14-,15?,18?/m0/s1. The summed E-state index contributed by atoms with van der Waals surface area (Å²) >= 11 is 0. The second-order valence-corrected chi connectivity index (χ2v) is 8.66. The molecule has 0 bridgehead atoms. The van der Waals surface area contributed by atoms with E-state index >= 15 is 0 Å². The molecule has 0 spiro atoms. The SMILES string of the molecule is COc1cccc2[nH]c(C(=O)NC(CC(C)C)C(=O)NC(CO)C[C@@H]3CCNC3=O)cc12. The number of ether oxygens (including phenoxy) is 1. The normalized spacial score (nSPS) is 17.8. The van der Waals surface area contributed by atoms with Gasteiger partial charge in [0.1, 0.15) is 17.5 Å². The minimum absolute atomic E-state index is 0.0565. The fourth-order valence-corrected chi connectivity index (χ4v) is 4.06. The van der Waals surface area contributed by atoms with Gasteiger partial charge < -0.3 is 30.8 Å². The molecular formula is C23H32N4O5. The van der Waals surface area contributed by atoms with Crippen molar-refractivity contribution in [3.8, 4) is 5.75 Å². The van der Waals surface area contributed by atoms with Gasteiger partial charge in [0.15, 0.2) is 0 Å². The van der Waals surface area contributed by atoms with E-state index in [2.05, 4.69) is 20.9 Å². The predicted molar refractivity (Wildman–Crippen MR) is 120 cm³/mol. The zero-order valence-corrected chi connectivity index (χ0v) is 18.7. The number of methoxy groups -OCH3 is 1. The van der Waals surface area contributed by atoms with Crippen molar-refractivity contribution in [3.05, 3.63) is 30.0 Å². The maximum Gasteiger partial charge on any atom is 0.268 e. The lowest BCUT2D eigenvalue weighted by Gasteiger charge is -2.24. The summed E-state index contributed by atoms with van der Waals surface area (Å²) in [7, 11) is 1.57. The van der Waals surface area contributed by atoms with Gasteiger partial charge in [-0.3, -0.25) is 14.4 Å². The van der Waals surface area contributed by atoms with E-state index in [4.69, 9.17) is 4.74 Å². The molecule has 5 N–H and O–H groups in total. The number of aliphatic hydroxyl groups is 1. The number of carbonyl (C=O) groups excluding carboxylic acids is 3. The topological polar surface area (TPSA) is 133 Å². The number of aliphatic hydroxyl groups excluding tert-OH is 1. The number of hydrogen-bond acceptors (Lipinski definition) is 5. The van der Waals surface area contributed by atoms with Gasteiger partial charge in [0.2, 0.25) is 11.8 Å². The second kappa shape index (κ2) is 10.5. The number of nitrogens with one attached hydrogen (secondary N) is 4. The summed E-state index contributed by atoms with van der Waals surface area (Å²) < 4.78 is 5.34. The molecule has 2 aromatic rings. The molecule has 9 nitrogen and oxygen atoms in total. The van der Waals surface area contributed by atoms with Crippen molar-refractivity contribution >= 4 is 28.6 Å². The largest absolute Gasteiger partial charge is 0.496 e. The molecule has 3 amide bonds. The summed E-state index contributed by atoms with van der Waals surface area (Å²) in [5.74, 6) is -0.262. The molecule has 1 aliphatic rings. The van der Waals surface area contributed by atoms with Crippen molar-refractivity contribution in [2.75, 3.05) is 20.3 Å². The quantitative estimate of drug-likeness (QED) is 0.377. The highest BCUT2D eigenvalue weighted by atomic mass is 16.5. The van der Waals surface area contributed by atoms with E-state index in [1.54, 1.807) is 13.2 Å². The predicted octanol–water partition coefficient (Wildman–Crippen LogP) is 1.32. The van der Waals surface area contributed by atoms with E-state index in [0.29, 0.717) is 37.3 Å². The van der Waals surface area contributed by atoms with E-state index in [-0.39, 0.29) is 30.3 Å². The van der Waals surface area contributed by atoms with Crippen LogP contribution in [0, 0.1) is 11.8 Å². The van der Waals surface area contributed by atoms with Crippen LogP contribution in [0.3, 0.4) is 0 Å². The first-order valence-corrected chi connectivity index (χ1v) is 11.0. The minimum Gasteiger partial charge on any atom is -0.496 e. The molecule has 1 saturated heterocycles.